The van der Waals surface area contributed by atoms with Gasteiger partial charge in [-0.3, -0.25) is 0 Å². The third-order valence-electron chi connectivity index (χ3n) is 4.31. The Balaban J connectivity index is 2.14. The summed E-state index contributed by atoms with van der Waals surface area (Å²) in [6.07, 6.45) is 5.08. The van der Waals surface area contributed by atoms with Gasteiger partial charge in [0.15, 0.2) is 0 Å². The van der Waals surface area contributed by atoms with Crippen molar-refractivity contribution in [2.75, 3.05) is 27.2 Å². The number of rotatable bonds is 1. The normalized spacial score (nSPS) is 24.0. The molecule has 3 rings (SSSR count). The van der Waals surface area contributed by atoms with Crippen molar-refractivity contribution in [3.05, 3.63) is 28.8 Å². The maximum absolute atomic E-state index is 5.56. The third kappa shape index (κ3) is 1.85. The van der Waals surface area contributed by atoms with E-state index in [1.54, 1.807) is 18.2 Å². The number of nitrogens with zero attached hydrogens (tertiary/aromatic N) is 1. The van der Waals surface area contributed by atoms with E-state index in [0.717, 1.165) is 24.6 Å². The fourth-order valence-corrected chi connectivity index (χ4v) is 3.50. The molecule has 0 N–H and O–H groups in total. The molecular weight excluding hydrogens is 210 g/mol. The van der Waals surface area contributed by atoms with Crippen LogP contribution in [0.1, 0.15) is 35.4 Å². The van der Waals surface area contributed by atoms with E-state index in [1.165, 1.54) is 31.4 Å². The Labute approximate surface area is 104 Å². The number of hydrogen-bond donors (Lipinski definition) is 0. The molecule has 0 fully saturated rings. The van der Waals surface area contributed by atoms with Crippen LogP contribution in [-0.2, 0) is 12.8 Å². The van der Waals surface area contributed by atoms with Crippen molar-refractivity contribution in [2.45, 2.75) is 31.6 Å². The van der Waals surface area contributed by atoms with Crippen LogP contribution in [0.5, 0.6) is 5.75 Å². The summed E-state index contributed by atoms with van der Waals surface area (Å²) >= 11 is 0. The van der Waals surface area contributed by atoms with E-state index in [2.05, 4.69) is 24.1 Å². The average molecular weight is 231 g/mol. The van der Waals surface area contributed by atoms with Gasteiger partial charge >= 0.3 is 0 Å². The zero-order chi connectivity index (χ0) is 11.8. The minimum Gasteiger partial charge on any atom is -0.496 e. The van der Waals surface area contributed by atoms with Crippen LogP contribution < -0.4 is 4.74 Å². The van der Waals surface area contributed by atoms with Gasteiger partial charge in [0.1, 0.15) is 5.75 Å². The highest BCUT2D eigenvalue weighted by atomic mass is 16.5. The third-order valence-corrected chi connectivity index (χ3v) is 4.31. The number of benzene rings is 1. The number of methoxy groups -OCH3 is 1. The summed E-state index contributed by atoms with van der Waals surface area (Å²) < 4.78 is 5.56. The Morgan fingerprint density at radius 1 is 1.29 bits per heavy atom. The lowest BCUT2D eigenvalue weighted by Gasteiger charge is -2.28. The molecule has 0 saturated heterocycles. The van der Waals surface area contributed by atoms with Crippen LogP contribution in [0.15, 0.2) is 12.1 Å². The van der Waals surface area contributed by atoms with Crippen LogP contribution in [-0.4, -0.2) is 32.1 Å². The highest BCUT2D eigenvalue weighted by molar-refractivity contribution is 5.49. The largest absolute Gasteiger partial charge is 0.496 e. The zero-order valence-electron chi connectivity index (χ0n) is 10.8. The molecule has 17 heavy (non-hydrogen) atoms. The van der Waals surface area contributed by atoms with Crippen molar-refractivity contribution >= 4 is 0 Å². The highest BCUT2D eigenvalue weighted by Crippen LogP contribution is 2.40. The first-order chi connectivity index (χ1) is 8.29. The van der Waals surface area contributed by atoms with Crippen molar-refractivity contribution in [1.29, 1.82) is 0 Å². The fourth-order valence-electron chi connectivity index (χ4n) is 3.50. The lowest BCUT2D eigenvalue weighted by atomic mass is 9.80. The molecule has 2 heteroatoms. The quantitative estimate of drug-likeness (QED) is 0.736. The van der Waals surface area contributed by atoms with Crippen LogP contribution in [0, 0.1) is 0 Å². The van der Waals surface area contributed by atoms with Gasteiger partial charge in [-0.2, -0.15) is 0 Å². The summed E-state index contributed by atoms with van der Waals surface area (Å²) in [5.74, 6) is 1.84. The molecule has 92 valence electrons. The molecule has 1 aromatic rings. The van der Waals surface area contributed by atoms with Crippen molar-refractivity contribution in [3.8, 4) is 5.75 Å². The monoisotopic (exact) mass is 231 g/mol. The van der Waals surface area contributed by atoms with Gasteiger partial charge in [-0.1, -0.05) is 6.07 Å². The second-order valence-corrected chi connectivity index (χ2v) is 5.42. The van der Waals surface area contributed by atoms with E-state index in [-0.39, 0.29) is 0 Å². The predicted molar refractivity (Wildman–Crippen MR) is 69.9 cm³/mol. The predicted octanol–water partition coefficient (Wildman–Crippen LogP) is 2.60. The molecular formula is C15H21NO. The van der Waals surface area contributed by atoms with Crippen LogP contribution in [0.2, 0.25) is 0 Å². The topological polar surface area (TPSA) is 12.5 Å². The van der Waals surface area contributed by atoms with Crippen molar-refractivity contribution < 1.29 is 4.74 Å². The second kappa shape index (κ2) is 4.34. The van der Waals surface area contributed by atoms with Gasteiger partial charge in [-0.25, -0.2) is 0 Å². The van der Waals surface area contributed by atoms with Crippen LogP contribution in [0.25, 0.3) is 0 Å². The molecule has 0 aromatic heterocycles. The van der Waals surface area contributed by atoms with Gasteiger partial charge in [0, 0.05) is 13.1 Å². The molecule has 2 aliphatic rings. The average Bonchev–Trinajstić information content (AvgIpc) is 2.51. The summed E-state index contributed by atoms with van der Waals surface area (Å²) in [6.45, 7) is 2.37. The molecule has 2 nitrogen and oxygen atoms in total. The molecule has 0 spiro atoms. The lowest BCUT2D eigenvalue weighted by molar-refractivity contribution is 0.313. The molecule has 0 unspecified atom stereocenters. The van der Waals surface area contributed by atoms with Gasteiger partial charge in [0.25, 0.3) is 0 Å². The van der Waals surface area contributed by atoms with E-state index in [4.69, 9.17) is 4.74 Å². The molecule has 1 aromatic carbocycles. The summed E-state index contributed by atoms with van der Waals surface area (Å²) in [5.41, 5.74) is 4.69. The first-order valence-corrected chi connectivity index (χ1v) is 6.67. The smallest absolute Gasteiger partial charge is 0.122 e. The van der Waals surface area contributed by atoms with Crippen LogP contribution in [0.3, 0.4) is 0 Å². The maximum Gasteiger partial charge on any atom is 0.122 e. The number of ether oxygens (including phenoxy) is 1. The molecule has 0 bridgehead atoms. The van der Waals surface area contributed by atoms with Gasteiger partial charge in [0.2, 0.25) is 0 Å². The molecule has 1 aliphatic carbocycles. The minimum absolute atomic E-state index is 0.733. The van der Waals surface area contributed by atoms with E-state index in [9.17, 15) is 0 Å². The lowest BCUT2D eigenvalue weighted by Crippen LogP contribution is -2.25. The molecule has 1 atom stereocenters. The summed E-state index contributed by atoms with van der Waals surface area (Å²) in [4.78, 5) is 2.47. The van der Waals surface area contributed by atoms with Gasteiger partial charge in [-0.05, 0) is 61.4 Å². The molecule has 0 amide bonds. The Hall–Kier alpha value is -1.02. The van der Waals surface area contributed by atoms with E-state index < -0.39 is 0 Å². The standard InChI is InChI=1S/C15H21NO/c1-16-9-8-13-14(17-2)7-6-11-4-3-5-12(10-16)15(11)13/h6-7,12H,3-5,8-10H2,1-2H3/t12-/m1/s1. The highest BCUT2D eigenvalue weighted by Gasteiger charge is 2.28. The molecule has 0 saturated carbocycles. The fraction of sp³-hybridized carbons (Fsp3) is 0.600. The Morgan fingerprint density at radius 2 is 2.18 bits per heavy atom. The molecule has 1 heterocycles. The second-order valence-electron chi connectivity index (χ2n) is 5.42. The zero-order valence-corrected chi connectivity index (χ0v) is 10.8. The summed E-state index contributed by atoms with van der Waals surface area (Å²) in [5, 5.41) is 0. The Morgan fingerprint density at radius 3 is 3.00 bits per heavy atom. The number of aryl methyl sites for hydroxylation is 1. The van der Waals surface area contributed by atoms with Crippen LogP contribution in [0.4, 0.5) is 0 Å². The SMILES string of the molecule is COc1ccc2c3c1CCN(C)C[C@H]3CCC2. The van der Waals surface area contributed by atoms with E-state index >= 15 is 0 Å². The number of likely N-dealkylation sites (N-methyl/N-ethyl adjacent to an activating group) is 1. The van der Waals surface area contributed by atoms with E-state index in [1.807, 2.05) is 0 Å². The van der Waals surface area contributed by atoms with E-state index in [0.29, 0.717) is 0 Å². The van der Waals surface area contributed by atoms with Crippen LogP contribution >= 0.6 is 0 Å². The van der Waals surface area contributed by atoms with Crippen molar-refractivity contribution in [3.63, 3.8) is 0 Å². The minimum atomic E-state index is 0.733. The molecule has 0 radical (unpaired) electrons. The van der Waals surface area contributed by atoms with Crippen molar-refractivity contribution in [1.82, 2.24) is 4.90 Å². The number of hydrogen-bond acceptors (Lipinski definition) is 2. The van der Waals surface area contributed by atoms with Gasteiger partial charge in [0.05, 0.1) is 7.11 Å². The molecule has 1 aliphatic heterocycles. The summed E-state index contributed by atoms with van der Waals surface area (Å²) in [7, 11) is 4.04. The maximum atomic E-state index is 5.56. The summed E-state index contributed by atoms with van der Waals surface area (Å²) in [6, 6.07) is 4.46. The van der Waals surface area contributed by atoms with Gasteiger partial charge < -0.3 is 9.64 Å². The van der Waals surface area contributed by atoms with Gasteiger partial charge in [-0.15, -0.1) is 0 Å². The first kappa shape index (κ1) is 11.1. The first-order valence-electron chi connectivity index (χ1n) is 6.67. The Bertz CT molecular complexity index is 427. The van der Waals surface area contributed by atoms with Crippen molar-refractivity contribution in [2.24, 2.45) is 0 Å². The Kier molecular flexibility index (Phi) is 2.83.